The fourth-order valence-electron chi connectivity index (χ4n) is 2.25. The molecule has 2 unspecified atom stereocenters. The lowest BCUT2D eigenvalue weighted by atomic mass is 9.79. The zero-order valence-electron chi connectivity index (χ0n) is 10.8. The fraction of sp³-hybridized carbons (Fsp3) is 0.500. The lowest BCUT2D eigenvalue weighted by Gasteiger charge is -2.45. The van der Waals surface area contributed by atoms with Gasteiger partial charge in [-0.15, -0.1) is 0 Å². The summed E-state index contributed by atoms with van der Waals surface area (Å²) < 4.78 is 13.0. The standard InChI is InChI=1S/C14H17FN2OS/c1-2-19-13-5-6-14(13,18)9-17-12-4-3-11(15)7-10(12)8-16/h3-4,7,13,17-18H,2,5-6,9H2,1H3. The Balaban J connectivity index is 2.01. The van der Waals surface area contributed by atoms with Crippen LogP contribution in [-0.4, -0.2) is 28.3 Å². The van der Waals surface area contributed by atoms with E-state index in [9.17, 15) is 9.50 Å². The number of halogens is 1. The number of thioether (sulfide) groups is 1. The highest BCUT2D eigenvalue weighted by molar-refractivity contribution is 8.00. The molecule has 19 heavy (non-hydrogen) atoms. The van der Waals surface area contributed by atoms with Gasteiger partial charge in [0, 0.05) is 11.8 Å². The molecule has 1 aromatic rings. The largest absolute Gasteiger partial charge is 0.387 e. The molecule has 0 heterocycles. The molecule has 1 aliphatic rings. The Morgan fingerprint density at radius 2 is 2.42 bits per heavy atom. The summed E-state index contributed by atoms with van der Waals surface area (Å²) in [4.78, 5) is 0. The van der Waals surface area contributed by atoms with Crippen LogP contribution in [0, 0.1) is 17.1 Å². The van der Waals surface area contributed by atoms with Crippen LogP contribution in [0.3, 0.4) is 0 Å². The number of hydrogen-bond acceptors (Lipinski definition) is 4. The number of hydrogen-bond donors (Lipinski definition) is 2. The molecule has 2 atom stereocenters. The van der Waals surface area contributed by atoms with Crippen molar-refractivity contribution in [3.8, 4) is 6.07 Å². The summed E-state index contributed by atoms with van der Waals surface area (Å²) in [5.41, 5.74) is 0.119. The van der Waals surface area contributed by atoms with E-state index >= 15 is 0 Å². The first-order valence-corrected chi connectivity index (χ1v) is 7.41. The van der Waals surface area contributed by atoms with Crippen molar-refractivity contribution in [2.75, 3.05) is 17.6 Å². The molecule has 0 amide bonds. The minimum absolute atomic E-state index is 0.246. The maximum absolute atomic E-state index is 13.0. The van der Waals surface area contributed by atoms with Gasteiger partial charge >= 0.3 is 0 Å². The molecule has 0 radical (unpaired) electrons. The van der Waals surface area contributed by atoms with Crippen molar-refractivity contribution in [3.63, 3.8) is 0 Å². The first kappa shape index (κ1) is 14.2. The van der Waals surface area contributed by atoms with E-state index in [0.717, 1.165) is 18.6 Å². The molecule has 1 aromatic carbocycles. The SMILES string of the molecule is CCSC1CCC1(O)CNc1ccc(F)cc1C#N. The second-order valence-corrected chi connectivity index (χ2v) is 6.22. The fourth-order valence-corrected chi connectivity index (χ4v) is 3.45. The van der Waals surface area contributed by atoms with Crippen molar-refractivity contribution < 1.29 is 9.50 Å². The number of anilines is 1. The average Bonchev–Trinajstić information content (AvgIpc) is 2.41. The van der Waals surface area contributed by atoms with Crippen molar-refractivity contribution in [1.29, 1.82) is 5.26 Å². The Labute approximate surface area is 116 Å². The van der Waals surface area contributed by atoms with Gasteiger partial charge in [0.25, 0.3) is 0 Å². The van der Waals surface area contributed by atoms with Crippen molar-refractivity contribution in [1.82, 2.24) is 0 Å². The monoisotopic (exact) mass is 280 g/mol. The van der Waals surface area contributed by atoms with E-state index < -0.39 is 11.4 Å². The van der Waals surface area contributed by atoms with Crippen molar-refractivity contribution in [2.24, 2.45) is 0 Å². The molecular weight excluding hydrogens is 263 g/mol. The third-order valence-electron chi connectivity index (χ3n) is 3.49. The summed E-state index contributed by atoms with van der Waals surface area (Å²) >= 11 is 1.76. The van der Waals surface area contributed by atoms with Gasteiger partial charge in [0.05, 0.1) is 16.9 Å². The van der Waals surface area contributed by atoms with Crippen LogP contribution < -0.4 is 5.32 Å². The van der Waals surface area contributed by atoms with Crippen molar-refractivity contribution in [3.05, 3.63) is 29.6 Å². The molecule has 0 aromatic heterocycles. The van der Waals surface area contributed by atoms with Gasteiger partial charge in [-0.1, -0.05) is 6.92 Å². The molecule has 102 valence electrons. The molecule has 0 spiro atoms. The summed E-state index contributed by atoms with van der Waals surface area (Å²) in [5.74, 6) is 0.552. The molecular formula is C14H17FN2OS. The zero-order chi connectivity index (χ0) is 13.9. The van der Waals surface area contributed by atoms with Crippen LogP contribution in [0.25, 0.3) is 0 Å². The Kier molecular flexibility index (Phi) is 4.33. The van der Waals surface area contributed by atoms with Crippen LogP contribution in [0.1, 0.15) is 25.3 Å². The maximum atomic E-state index is 13.0. The van der Waals surface area contributed by atoms with Gasteiger partial charge in [0.1, 0.15) is 11.9 Å². The molecule has 0 aliphatic heterocycles. The normalized spacial score (nSPS) is 25.5. The van der Waals surface area contributed by atoms with Crippen LogP contribution in [-0.2, 0) is 0 Å². The number of nitriles is 1. The highest BCUT2D eigenvalue weighted by Gasteiger charge is 2.44. The molecule has 1 fully saturated rings. The minimum atomic E-state index is -0.720. The number of aliphatic hydroxyl groups is 1. The second-order valence-electron chi connectivity index (χ2n) is 4.74. The predicted octanol–water partition coefficient (Wildman–Crippen LogP) is 2.76. The average molecular weight is 280 g/mol. The molecule has 0 saturated heterocycles. The summed E-state index contributed by atoms with van der Waals surface area (Å²) in [5, 5.41) is 22.7. The van der Waals surface area contributed by atoms with Gasteiger partial charge in [0.2, 0.25) is 0 Å². The van der Waals surface area contributed by atoms with E-state index in [1.54, 1.807) is 11.8 Å². The van der Waals surface area contributed by atoms with Gasteiger partial charge in [0.15, 0.2) is 0 Å². The molecule has 1 aliphatic carbocycles. The molecule has 3 nitrogen and oxygen atoms in total. The summed E-state index contributed by atoms with van der Waals surface area (Å²) in [6.07, 6.45) is 1.78. The summed E-state index contributed by atoms with van der Waals surface area (Å²) in [7, 11) is 0. The zero-order valence-corrected chi connectivity index (χ0v) is 11.6. The van der Waals surface area contributed by atoms with E-state index in [0.29, 0.717) is 12.2 Å². The molecule has 2 N–H and O–H groups in total. The summed E-state index contributed by atoms with van der Waals surface area (Å²) in [6, 6.07) is 6.01. The van der Waals surface area contributed by atoms with E-state index in [4.69, 9.17) is 5.26 Å². The van der Waals surface area contributed by atoms with E-state index in [1.807, 2.05) is 6.07 Å². The van der Waals surface area contributed by atoms with Gasteiger partial charge < -0.3 is 10.4 Å². The van der Waals surface area contributed by atoms with Gasteiger partial charge in [-0.25, -0.2) is 4.39 Å². The van der Waals surface area contributed by atoms with Crippen LogP contribution in [0.5, 0.6) is 0 Å². The predicted molar refractivity (Wildman–Crippen MR) is 75.7 cm³/mol. The second kappa shape index (κ2) is 5.81. The Bertz CT molecular complexity index is 503. The van der Waals surface area contributed by atoms with Crippen molar-refractivity contribution in [2.45, 2.75) is 30.6 Å². The van der Waals surface area contributed by atoms with Crippen molar-refractivity contribution >= 4 is 17.4 Å². The van der Waals surface area contributed by atoms with Gasteiger partial charge in [-0.3, -0.25) is 0 Å². The first-order chi connectivity index (χ1) is 9.09. The van der Waals surface area contributed by atoms with Gasteiger partial charge in [-0.2, -0.15) is 17.0 Å². The van der Waals surface area contributed by atoms with Crippen LogP contribution in [0.4, 0.5) is 10.1 Å². The number of benzene rings is 1. The van der Waals surface area contributed by atoms with Gasteiger partial charge in [-0.05, 0) is 36.8 Å². The molecule has 0 bridgehead atoms. The topological polar surface area (TPSA) is 56.0 Å². The van der Waals surface area contributed by atoms with E-state index in [-0.39, 0.29) is 10.8 Å². The molecule has 2 rings (SSSR count). The lowest BCUT2D eigenvalue weighted by molar-refractivity contribution is -0.0120. The smallest absolute Gasteiger partial charge is 0.124 e. The number of nitrogens with zero attached hydrogens (tertiary/aromatic N) is 1. The first-order valence-electron chi connectivity index (χ1n) is 6.36. The third-order valence-corrected chi connectivity index (χ3v) is 4.90. The number of nitrogens with one attached hydrogen (secondary N) is 1. The van der Waals surface area contributed by atoms with Crippen LogP contribution >= 0.6 is 11.8 Å². The molecule has 5 heteroatoms. The Hall–Kier alpha value is -1.25. The maximum Gasteiger partial charge on any atom is 0.124 e. The third kappa shape index (κ3) is 3.02. The Morgan fingerprint density at radius 1 is 1.63 bits per heavy atom. The lowest BCUT2D eigenvalue weighted by Crippen LogP contribution is -2.54. The quantitative estimate of drug-likeness (QED) is 0.871. The minimum Gasteiger partial charge on any atom is -0.387 e. The van der Waals surface area contributed by atoms with E-state index in [2.05, 4.69) is 12.2 Å². The van der Waals surface area contributed by atoms with Crippen LogP contribution in [0.15, 0.2) is 18.2 Å². The van der Waals surface area contributed by atoms with Crippen LogP contribution in [0.2, 0.25) is 0 Å². The number of rotatable bonds is 5. The highest BCUT2D eigenvalue weighted by atomic mass is 32.2. The van der Waals surface area contributed by atoms with E-state index in [1.165, 1.54) is 18.2 Å². The molecule has 1 saturated carbocycles. The highest BCUT2D eigenvalue weighted by Crippen LogP contribution is 2.41. The Morgan fingerprint density at radius 3 is 3.00 bits per heavy atom. The summed E-state index contributed by atoms with van der Waals surface area (Å²) in [6.45, 7) is 2.47.